The van der Waals surface area contributed by atoms with Crippen LogP contribution in [0.15, 0.2) is 303 Å². The van der Waals surface area contributed by atoms with Gasteiger partial charge in [-0.2, -0.15) is 0 Å². The van der Waals surface area contributed by atoms with Gasteiger partial charge in [-0.3, -0.25) is 0 Å². The Morgan fingerprint density at radius 2 is 0.429 bits per heavy atom. The second kappa shape index (κ2) is 23.2. The third-order valence-electron chi connectivity index (χ3n) is 15.5. The SMILES string of the molecule is C1=C(c2cccc(-c3nc(-c4cccc(-c5ccccc5)c4)nc(-c4cccc(-c5ccccc5)c4)n3)c2)C=C(c2cccc(-c3cccc(-c4cccc(-c5nc(-c6ccccc6)nc(-c6ccc(-c7ccccc7)cc6)n5)c4)c3)c2)CC1. The Balaban J connectivity index is 0.754. The highest BCUT2D eigenvalue weighted by Gasteiger charge is 2.18. The van der Waals surface area contributed by atoms with Gasteiger partial charge in [0.15, 0.2) is 34.9 Å². The van der Waals surface area contributed by atoms with Gasteiger partial charge in [-0.25, -0.2) is 29.9 Å². The molecule has 14 rings (SSSR count). The van der Waals surface area contributed by atoms with Crippen LogP contribution in [0, 0.1) is 0 Å². The molecule has 6 nitrogen and oxygen atoms in total. The standard InChI is InChI=1S/C78H54N6/c1-5-20-53(21-6-1)56-42-44-58(45-43-56)74-79-73(57-26-11-4-12-27-57)80-75(81-74)71-40-18-36-67(51-71)65-34-14-32-63(47-65)61-30-13-31-62(46-61)64-33-15-35-66(48-64)68-37-19-41-72(52-68)78-83-76(69-38-16-28-59(49-69)54-22-7-2-8-23-54)82-77(84-78)70-39-17-29-60(50-70)55-24-9-3-10-25-55/h1-14,16-32,34-52H,15,33H2. The Kier molecular flexibility index (Phi) is 14.1. The maximum absolute atomic E-state index is 5.22. The van der Waals surface area contributed by atoms with Crippen LogP contribution in [-0.2, 0) is 0 Å². The number of nitrogens with zero attached hydrogens (tertiary/aromatic N) is 6. The molecular weight excluding hydrogens is 1020 g/mol. The van der Waals surface area contributed by atoms with E-state index in [1.54, 1.807) is 0 Å². The summed E-state index contributed by atoms with van der Waals surface area (Å²) in [5.41, 5.74) is 21.6. The fourth-order valence-corrected chi connectivity index (χ4v) is 11.1. The summed E-state index contributed by atoms with van der Waals surface area (Å²) in [6.07, 6.45) is 6.57. The van der Waals surface area contributed by atoms with Gasteiger partial charge >= 0.3 is 0 Å². The Morgan fingerprint density at radius 1 is 0.190 bits per heavy atom. The van der Waals surface area contributed by atoms with E-state index in [1.807, 2.05) is 48.5 Å². The van der Waals surface area contributed by atoms with Crippen LogP contribution in [0.3, 0.4) is 0 Å². The largest absolute Gasteiger partial charge is 0.208 e. The maximum atomic E-state index is 5.22. The Labute approximate surface area is 489 Å². The van der Waals surface area contributed by atoms with Gasteiger partial charge in [0.05, 0.1) is 0 Å². The lowest BCUT2D eigenvalue weighted by atomic mass is 9.89. The molecule has 0 unspecified atom stereocenters. The van der Waals surface area contributed by atoms with Gasteiger partial charge < -0.3 is 0 Å². The van der Waals surface area contributed by atoms with Gasteiger partial charge in [0, 0.05) is 33.4 Å². The molecule has 0 saturated carbocycles. The lowest BCUT2D eigenvalue weighted by Crippen LogP contribution is -2.01. The second-order valence-corrected chi connectivity index (χ2v) is 21.0. The molecule has 11 aromatic carbocycles. The van der Waals surface area contributed by atoms with Gasteiger partial charge in [-0.1, -0.05) is 267 Å². The molecule has 0 atom stereocenters. The molecule has 0 fully saturated rings. The summed E-state index contributed by atoms with van der Waals surface area (Å²) in [6, 6.07) is 102. The first-order valence-electron chi connectivity index (χ1n) is 28.5. The van der Waals surface area contributed by atoms with Crippen molar-refractivity contribution >= 4 is 11.1 Å². The molecule has 0 bridgehead atoms. The average Bonchev–Trinajstić information content (AvgIpc) is 3.52. The van der Waals surface area contributed by atoms with Crippen molar-refractivity contribution in [2.24, 2.45) is 0 Å². The number of allylic oxidation sites excluding steroid dienone is 4. The lowest BCUT2D eigenvalue weighted by molar-refractivity contribution is 1.06. The second-order valence-electron chi connectivity index (χ2n) is 21.0. The molecule has 84 heavy (non-hydrogen) atoms. The van der Waals surface area contributed by atoms with Crippen LogP contribution in [0.4, 0.5) is 0 Å². The molecule has 0 amide bonds. The lowest BCUT2D eigenvalue weighted by Gasteiger charge is -2.16. The van der Waals surface area contributed by atoms with Crippen LogP contribution in [0.25, 0.3) is 135 Å². The van der Waals surface area contributed by atoms with Crippen LogP contribution in [0.5, 0.6) is 0 Å². The van der Waals surface area contributed by atoms with Crippen molar-refractivity contribution in [2.45, 2.75) is 12.8 Å². The van der Waals surface area contributed by atoms with E-state index in [2.05, 4.69) is 255 Å². The zero-order valence-corrected chi connectivity index (χ0v) is 46.0. The fourth-order valence-electron chi connectivity index (χ4n) is 11.1. The monoisotopic (exact) mass is 1070 g/mol. The first kappa shape index (κ1) is 51.1. The predicted octanol–water partition coefficient (Wildman–Crippen LogP) is 19.7. The van der Waals surface area contributed by atoms with E-state index < -0.39 is 0 Å². The Bertz CT molecular complexity index is 4470. The molecule has 2 aromatic heterocycles. The minimum atomic E-state index is 0.618. The molecule has 2 heterocycles. The van der Waals surface area contributed by atoms with Crippen molar-refractivity contribution < 1.29 is 0 Å². The zero-order chi connectivity index (χ0) is 56.0. The Hall–Kier alpha value is -11.1. The maximum Gasteiger partial charge on any atom is 0.164 e. The number of benzene rings is 11. The van der Waals surface area contributed by atoms with Gasteiger partial charge in [0.2, 0.25) is 0 Å². The van der Waals surface area contributed by atoms with E-state index in [9.17, 15) is 0 Å². The predicted molar refractivity (Wildman–Crippen MR) is 345 cm³/mol. The summed E-state index contributed by atoms with van der Waals surface area (Å²) in [5, 5.41) is 0. The van der Waals surface area contributed by atoms with E-state index in [0.717, 1.165) is 107 Å². The molecule has 1 aliphatic rings. The zero-order valence-electron chi connectivity index (χ0n) is 46.0. The van der Waals surface area contributed by atoms with Gasteiger partial charge in [0.1, 0.15) is 0 Å². The molecule has 6 heteroatoms. The third-order valence-corrected chi connectivity index (χ3v) is 15.5. The quantitative estimate of drug-likeness (QED) is 0.114. The minimum Gasteiger partial charge on any atom is -0.208 e. The number of aromatic nitrogens is 6. The van der Waals surface area contributed by atoms with E-state index in [0.29, 0.717) is 34.9 Å². The minimum absolute atomic E-state index is 0.618. The summed E-state index contributed by atoms with van der Waals surface area (Å²) >= 11 is 0. The highest BCUT2D eigenvalue weighted by Crippen LogP contribution is 2.37. The van der Waals surface area contributed by atoms with Crippen molar-refractivity contribution in [2.75, 3.05) is 0 Å². The average molecular weight is 1080 g/mol. The highest BCUT2D eigenvalue weighted by molar-refractivity contribution is 5.88. The fraction of sp³-hybridized carbons (Fsp3) is 0.0256. The first-order valence-corrected chi connectivity index (χ1v) is 28.5. The van der Waals surface area contributed by atoms with Crippen LogP contribution >= 0.6 is 0 Å². The van der Waals surface area contributed by atoms with Crippen LogP contribution < -0.4 is 0 Å². The molecule has 0 radical (unpaired) electrons. The topological polar surface area (TPSA) is 77.3 Å². The van der Waals surface area contributed by atoms with E-state index >= 15 is 0 Å². The smallest absolute Gasteiger partial charge is 0.164 e. The molecular formula is C78H54N6. The summed E-state index contributed by atoms with van der Waals surface area (Å²) in [4.78, 5) is 30.8. The molecule has 0 spiro atoms. The van der Waals surface area contributed by atoms with Crippen molar-refractivity contribution in [3.63, 3.8) is 0 Å². The van der Waals surface area contributed by atoms with Crippen LogP contribution in [0.2, 0.25) is 0 Å². The van der Waals surface area contributed by atoms with Crippen molar-refractivity contribution in [3.05, 3.63) is 314 Å². The summed E-state index contributed by atoms with van der Waals surface area (Å²) in [6.45, 7) is 0. The van der Waals surface area contributed by atoms with Crippen LogP contribution in [-0.4, -0.2) is 29.9 Å². The van der Waals surface area contributed by atoms with E-state index in [4.69, 9.17) is 29.9 Å². The normalized spacial score (nSPS) is 12.1. The summed E-state index contributed by atoms with van der Waals surface area (Å²) in [5.74, 6) is 3.73. The van der Waals surface area contributed by atoms with Crippen molar-refractivity contribution in [1.82, 2.24) is 29.9 Å². The van der Waals surface area contributed by atoms with Crippen molar-refractivity contribution in [1.29, 1.82) is 0 Å². The first-order chi connectivity index (χ1) is 41.6. The van der Waals surface area contributed by atoms with Crippen molar-refractivity contribution in [3.8, 4) is 124 Å². The number of hydrogen-bond acceptors (Lipinski definition) is 6. The van der Waals surface area contributed by atoms with Gasteiger partial charge in [0.25, 0.3) is 0 Å². The third kappa shape index (κ3) is 11.1. The molecule has 0 aliphatic heterocycles. The number of hydrogen-bond donors (Lipinski definition) is 0. The van der Waals surface area contributed by atoms with Gasteiger partial charge in [-0.15, -0.1) is 0 Å². The van der Waals surface area contributed by atoms with Crippen LogP contribution in [0.1, 0.15) is 24.0 Å². The molecule has 396 valence electrons. The summed E-state index contributed by atoms with van der Waals surface area (Å²) in [7, 11) is 0. The molecule has 1 aliphatic carbocycles. The number of rotatable bonds is 13. The van der Waals surface area contributed by atoms with E-state index in [-0.39, 0.29) is 0 Å². The molecule has 0 N–H and O–H groups in total. The summed E-state index contributed by atoms with van der Waals surface area (Å²) < 4.78 is 0. The Morgan fingerprint density at radius 3 is 0.833 bits per heavy atom. The highest BCUT2D eigenvalue weighted by atomic mass is 15.0. The van der Waals surface area contributed by atoms with E-state index in [1.165, 1.54) is 16.7 Å². The molecule has 0 saturated heterocycles. The van der Waals surface area contributed by atoms with Gasteiger partial charge in [-0.05, 0) is 127 Å². The molecule has 13 aromatic rings.